The van der Waals surface area contributed by atoms with Crippen LogP contribution in [0.5, 0.6) is 0 Å². The standard InChI is InChI=1S/C8H14FN5O2S/c1-8(3-9,4-17-2)11-6(15)5-12-13-7(16)14(5)10/h3-4,10H2,1-2H3,(H,11,15)(H,13,16). The first-order valence-corrected chi connectivity index (χ1v) is 6.13. The van der Waals surface area contributed by atoms with Crippen LogP contribution in [-0.4, -0.2) is 45.0 Å². The van der Waals surface area contributed by atoms with Crippen LogP contribution in [0, 0.1) is 0 Å². The predicted molar refractivity (Wildman–Crippen MR) is 63.2 cm³/mol. The molecule has 0 spiro atoms. The summed E-state index contributed by atoms with van der Waals surface area (Å²) in [6.45, 7) is 0.839. The summed E-state index contributed by atoms with van der Waals surface area (Å²) in [4.78, 5) is 22.7. The molecule has 0 aliphatic rings. The van der Waals surface area contributed by atoms with E-state index in [0.717, 1.165) is 0 Å². The predicted octanol–water partition coefficient (Wildman–Crippen LogP) is -0.894. The van der Waals surface area contributed by atoms with Crippen molar-refractivity contribution in [1.29, 1.82) is 0 Å². The third-order valence-corrected chi connectivity index (χ3v) is 3.01. The molecule has 0 aliphatic heterocycles. The molecule has 0 fully saturated rings. The second-order valence-electron chi connectivity index (χ2n) is 3.80. The third-order valence-electron chi connectivity index (χ3n) is 2.08. The highest BCUT2D eigenvalue weighted by atomic mass is 32.2. The first-order valence-electron chi connectivity index (χ1n) is 4.73. The minimum absolute atomic E-state index is 0.282. The van der Waals surface area contributed by atoms with Gasteiger partial charge in [-0.2, -0.15) is 16.4 Å². The summed E-state index contributed by atoms with van der Waals surface area (Å²) in [5.74, 6) is 4.71. The van der Waals surface area contributed by atoms with Crippen molar-refractivity contribution >= 4 is 17.7 Å². The summed E-state index contributed by atoms with van der Waals surface area (Å²) in [7, 11) is 0. The van der Waals surface area contributed by atoms with Crippen LogP contribution in [0.25, 0.3) is 0 Å². The maximum absolute atomic E-state index is 12.9. The maximum Gasteiger partial charge on any atom is 0.362 e. The third kappa shape index (κ3) is 2.99. The first kappa shape index (κ1) is 13.6. The number of hydrogen-bond acceptors (Lipinski definition) is 5. The highest BCUT2D eigenvalue weighted by Gasteiger charge is 2.28. The van der Waals surface area contributed by atoms with E-state index in [-0.39, 0.29) is 5.82 Å². The number of nitrogens with one attached hydrogen (secondary N) is 2. The van der Waals surface area contributed by atoms with Gasteiger partial charge in [-0.05, 0) is 13.2 Å². The summed E-state index contributed by atoms with van der Waals surface area (Å²) in [6.07, 6.45) is 1.80. The van der Waals surface area contributed by atoms with Gasteiger partial charge in [-0.3, -0.25) is 4.79 Å². The quantitative estimate of drug-likeness (QED) is 0.597. The van der Waals surface area contributed by atoms with E-state index in [1.54, 1.807) is 13.2 Å². The van der Waals surface area contributed by atoms with E-state index < -0.39 is 23.8 Å². The van der Waals surface area contributed by atoms with Crippen LogP contribution in [0.2, 0.25) is 0 Å². The fraction of sp³-hybridized carbons (Fsp3) is 0.625. The molecule has 0 bridgehead atoms. The van der Waals surface area contributed by atoms with Crippen LogP contribution in [0.4, 0.5) is 4.39 Å². The van der Waals surface area contributed by atoms with E-state index in [9.17, 15) is 14.0 Å². The number of aromatic nitrogens is 3. The molecule has 4 N–H and O–H groups in total. The SMILES string of the molecule is CSCC(C)(CF)NC(=O)c1n[nH]c(=O)n1N. The summed E-state index contributed by atoms with van der Waals surface area (Å²) >= 11 is 1.40. The molecule has 1 unspecified atom stereocenters. The molecule has 17 heavy (non-hydrogen) atoms. The lowest BCUT2D eigenvalue weighted by Gasteiger charge is -2.26. The Labute approximate surface area is 101 Å². The molecule has 7 nitrogen and oxygen atoms in total. The lowest BCUT2D eigenvalue weighted by Crippen LogP contribution is -2.51. The highest BCUT2D eigenvalue weighted by molar-refractivity contribution is 7.98. The minimum atomic E-state index is -1.01. The van der Waals surface area contributed by atoms with Crippen LogP contribution in [0.15, 0.2) is 4.79 Å². The molecule has 0 aromatic carbocycles. The number of rotatable bonds is 5. The molecule has 1 rings (SSSR count). The first-order chi connectivity index (χ1) is 7.93. The number of halogens is 1. The van der Waals surface area contributed by atoms with Crippen molar-refractivity contribution in [3.8, 4) is 0 Å². The molecule has 0 aliphatic carbocycles. The zero-order valence-corrected chi connectivity index (χ0v) is 10.3. The van der Waals surface area contributed by atoms with E-state index in [4.69, 9.17) is 5.84 Å². The van der Waals surface area contributed by atoms with Crippen LogP contribution in [-0.2, 0) is 0 Å². The molecule has 96 valence electrons. The Morgan fingerprint density at radius 3 is 2.82 bits per heavy atom. The number of nitrogen functional groups attached to an aromatic ring is 1. The van der Waals surface area contributed by atoms with Gasteiger partial charge < -0.3 is 11.2 Å². The monoisotopic (exact) mass is 263 g/mol. The average Bonchev–Trinajstić information content (AvgIpc) is 2.60. The summed E-state index contributed by atoms with van der Waals surface area (Å²) in [5, 5.41) is 7.94. The van der Waals surface area contributed by atoms with Crippen molar-refractivity contribution < 1.29 is 9.18 Å². The van der Waals surface area contributed by atoms with Crippen LogP contribution in [0.3, 0.4) is 0 Å². The number of H-pyrrole nitrogens is 1. The fourth-order valence-corrected chi connectivity index (χ4v) is 2.01. The fourth-order valence-electron chi connectivity index (χ4n) is 1.22. The molecule has 0 saturated heterocycles. The number of nitrogens with two attached hydrogens (primary N) is 1. The second-order valence-corrected chi connectivity index (χ2v) is 4.67. The molecule has 0 radical (unpaired) electrons. The molecule has 0 saturated carbocycles. The lowest BCUT2D eigenvalue weighted by molar-refractivity contribution is 0.0888. The average molecular weight is 263 g/mol. The Morgan fingerprint density at radius 2 is 2.41 bits per heavy atom. The van der Waals surface area contributed by atoms with Crippen molar-refractivity contribution in [2.75, 3.05) is 24.5 Å². The van der Waals surface area contributed by atoms with Crippen molar-refractivity contribution in [1.82, 2.24) is 20.2 Å². The normalized spacial score (nSPS) is 14.3. The molecule has 1 heterocycles. The molecular weight excluding hydrogens is 249 g/mol. The van der Waals surface area contributed by atoms with Crippen LogP contribution >= 0.6 is 11.8 Å². The van der Waals surface area contributed by atoms with Crippen molar-refractivity contribution in [2.45, 2.75) is 12.5 Å². The van der Waals surface area contributed by atoms with Gasteiger partial charge >= 0.3 is 5.69 Å². The van der Waals surface area contributed by atoms with E-state index in [2.05, 4.69) is 10.4 Å². The number of hydrogen-bond donors (Lipinski definition) is 3. The number of aromatic amines is 1. The van der Waals surface area contributed by atoms with E-state index in [1.807, 2.05) is 5.10 Å². The Morgan fingerprint density at radius 1 is 1.76 bits per heavy atom. The van der Waals surface area contributed by atoms with Crippen molar-refractivity contribution in [3.63, 3.8) is 0 Å². The Balaban J connectivity index is 2.85. The number of alkyl halides is 1. The van der Waals surface area contributed by atoms with Gasteiger partial charge in [0, 0.05) is 5.75 Å². The van der Waals surface area contributed by atoms with Crippen molar-refractivity contribution in [2.24, 2.45) is 0 Å². The van der Waals surface area contributed by atoms with Gasteiger partial charge in [0.15, 0.2) is 0 Å². The van der Waals surface area contributed by atoms with Crippen LogP contribution < -0.4 is 16.8 Å². The van der Waals surface area contributed by atoms with E-state index >= 15 is 0 Å². The molecule has 1 aromatic rings. The zero-order valence-electron chi connectivity index (χ0n) is 9.49. The van der Waals surface area contributed by atoms with E-state index in [0.29, 0.717) is 10.4 Å². The molecule has 1 aromatic heterocycles. The van der Waals surface area contributed by atoms with Crippen LogP contribution in [0.1, 0.15) is 17.5 Å². The lowest BCUT2D eigenvalue weighted by atomic mass is 10.1. The van der Waals surface area contributed by atoms with Gasteiger partial charge in [0.05, 0.1) is 5.54 Å². The molecule has 1 atom stereocenters. The Bertz CT molecular complexity index is 459. The molecular formula is C8H14FN5O2S. The van der Waals surface area contributed by atoms with Gasteiger partial charge in [-0.1, -0.05) is 0 Å². The smallest absolute Gasteiger partial charge is 0.341 e. The topological polar surface area (TPSA) is 106 Å². The second kappa shape index (κ2) is 5.21. The number of carbonyl (C=O) groups excluding carboxylic acids is 1. The largest absolute Gasteiger partial charge is 0.362 e. The number of thioether (sulfide) groups is 1. The zero-order chi connectivity index (χ0) is 13.1. The number of nitrogens with zero attached hydrogens (tertiary/aromatic N) is 2. The van der Waals surface area contributed by atoms with Gasteiger partial charge in [-0.15, -0.1) is 5.10 Å². The Kier molecular flexibility index (Phi) is 4.16. The molecule has 1 amide bonds. The van der Waals surface area contributed by atoms with E-state index in [1.165, 1.54) is 11.8 Å². The molecule has 9 heteroatoms. The van der Waals surface area contributed by atoms with Gasteiger partial charge in [0.25, 0.3) is 5.91 Å². The van der Waals surface area contributed by atoms with Crippen molar-refractivity contribution in [3.05, 3.63) is 16.3 Å². The Hall–Kier alpha value is -1.51. The summed E-state index contributed by atoms with van der Waals surface area (Å²) in [6, 6.07) is 0. The number of carbonyl (C=O) groups is 1. The highest BCUT2D eigenvalue weighted by Crippen LogP contribution is 2.12. The number of amides is 1. The maximum atomic E-state index is 12.9. The van der Waals surface area contributed by atoms with Gasteiger partial charge in [-0.25, -0.2) is 14.3 Å². The summed E-state index contributed by atoms with van der Waals surface area (Å²) < 4.78 is 13.4. The summed E-state index contributed by atoms with van der Waals surface area (Å²) in [5.41, 5.74) is -1.71. The van der Waals surface area contributed by atoms with Gasteiger partial charge in [0.2, 0.25) is 5.82 Å². The van der Waals surface area contributed by atoms with Gasteiger partial charge in [0.1, 0.15) is 6.67 Å². The minimum Gasteiger partial charge on any atom is -0.341 e.